The molecule has 0 unspecified atom stereocenters. The van der Waals surface area contributed by atoms with E-state index < -0.39 is 0 Å². The molecule has 3 heterocycles. The van der Waals surface area contributed by atoms with Crippen LogP contribution in [0.15, 0.2) is 30.7 Å². The van der Waals surface area contributed by atoms with E-state index in [4.69, 9.17) is 0 Å². The summed E-state index contributed by atoms with van der Waals surface area (Å²) in [6.07, 6.45) is 7.30. The minimum atomic E-state index is -0.0102. The molecule has 1 aliphatic rings. The van der Waals surface area contributed by atoms with Gasteiger partial charge >= 0.3 is 0 Å². The summed E-state index contributed by atoms with van der Waals surface area (Å²) in [7, 11) is 0. The molecule has 22 heavy (non-hydrogen) atoms. The van der Waals surface area contributed by atoms with Gasteiger partial charge in [-0.25, -0.2) is 9.97 Å². The van der Waals surface area contributed by atoms with Gasteiger partial charge < -0.3 is 10.2 Å². The molecule has 1 atom stereocenters. The number of hydrogen-bond donors (Lipinski definition) is 1. The standard InChI is InChI=1S/C15H20N6O/c1-12-5-9-21(19-12)11-14(22)18-13-4-2-8-20(10-13)15-16-6-3-7-17-15/h3,5-7,9,13H,2,4,8,10-11H2,1H3,(H,18,22)/t13-/m0/s1. The van der Waals surface area contributed by atoms with Gasteiger partial charge in [-0.2, -0.15) is 5.10 Å². The minimum absolute atomic E-state index is 0.0102. The monoisotopic (exact) mass is 300 g/mol. The summed E-state index contributed by atoms with van der Waals surface area (Å²) < 4.78 is 1.66. The van der Waals surface area contributed by atoms with Crippen LogP contribution in [0.3, 0.4) is 0 Å². The summed E-state index contributed by atoms with van der Waals surface area (Å²) in [5, 5.41) is 7.31. The van der Waals surface area contributed by atoms with E-state index >= 15 is 0 Å². The first kappa shape index (κ1) is 14.5. The number of nitrogens with one attached hydrogen (secondary N) is 1. The maximum Gasteiger partial charge on any atom is 0.242 e. The lowest BCUT2D eigenvalue weighted by Crippen LogP contribution is -2.49. The third-order valence-electron chi connectivity index (χ3n) is 3.70. The molecule has 1 N–H and O–H groups in total. The van der Waals surface area contributed by atoms with Gasteiger partial charge in [0.1, 0.15) is 6.54 Å². The summed E-state index contributed by atoms with van der Waals surface area (Å²) in [4.78, 5) is 22.8. The van der Waals surface area contributed by atoms with Crippen molar-refractivity contribution in [1.29, 1.82) is 0 Å². The van der Waals surface area contributed by atoms with Crippen molar-refractivity contribution in [2.24, 2.45) is 0 Å². The fourth-order valence-corrected chi connectivity index (χ4v) is 2.70. The molecule has 7 heteroatoms. The van der Waals surface area contributed by atoms with Gasteiger partial charge in [0.05, 0.1) is 5.69 Å². The fraction of sp³-hybridized carbons (Fsp3) is 0.467. The lowest BCUT2D eigenvalue weighted by molar-refractivity contribution is -0.122. The van der Waals surface area contributed by atoms with Crippen molar-refractivity contribution in [3.8, 4) is 0 Å². The third kappa shape index (κ3) is 3.60. The number of carbonyl (C=O) groups is 1. The first-order chi connectivity index (χ1) is 10.7. The van der Waals surface area contributed by atoms with Gasteiger partial charge in [-0.05, 0) is 31.9 Å². The number of aromatic nitrogens is 4. The molecule has 0 spiro atoms. The maximum absolute atomic E-state index is 12.1. The fourth-order valence-electron chi connectivity index (χ4n) is 2.70. The first-order valence-electron chi connectivity index (χ1n) is 7.52. The Hall–Kier alpha value is -2.44. The lowest BCUT2D eigenvalue weighted by atomic mass is 10.1. The van der Waals surface area contributed by atoms with Crippen molar-refractivity contribution < 1.29 is 4.79 Å². The number of piperidine rings is 1. The van der Waals surface area contributed by atoms with Gasteiger partial charge in [-0.1, -0.05) is 0 Å². The highest BCUT2D eigenvalue weighted by molar-refractivity contribution is 5.76. The summed E-state index contributed by atoms with van der Waals surface area (Å²) in [5.74, 6) is 0.716. The van der Waals surface area contributed by atoms with Gasteiger partial charge in [0.25, 0.3) is 0 Å². The average Bonchev–Trinajstić information content (AvgIpc) is 2.93. The summed E-state index contributed by atoms with van der Waals surface area (Å²) in [6.45, 7) is 3.84. The molecule has 0 aromatic carbocycles. The molecular weight excluding hydrogens is 280 g/mol. The quantitative estimate of drug-likeness (QED) is 0.902. The Morgan fingerprint density at radius 2 is 2.23 bits per heavy atom. The Morgan fingerprint density at radius 1 is 1.41 bits per heavy atom. The molecule has 0 aliphatic carbocycles. The molecule has 2 aromatic rings. The van der Waals surface area contributed by atoms with Crippen molar-refractivity contribution >= 4 is 11.9 Å². The van der Waals surface area contributed by atoms with Gasteiger partial charge in [0.2, 0.25) is 11.9 Å². The molecule has 1 aliphatic heterocycles. The predicted molar refractivity (Wildman–Crippen MR) is 82.4 cm³/mol. The largest absolute Gasteiger partial charge is 0.350 e. The van der Waals surface area contributed by atoms with Gasteiger partial charge in [0, 0.05) is 37.7 Å². The van der Waals surface area contributed by atoms with E-state index in [1.54, 1.807) is 23.1 Å². The van der Waals surface area contributed by atoms with Crippen LogP contribution in [-0.4, -0.2) is 44.8 Å². The smallest absolute Gasteiger partial charge is 0.242 e. The molecule has 0 radical (unpaired) electrons. The van der Waals surface area contributed by atoms with Crippen molar-refractivity contribution in [2.45, 2.75) is 32.4 Å². The van der Waals surface area contributed by atoms with Crippen LogP contribution in [0.4, 0.5) is 5.95 Å². The Morgan fingerprint density at radius 3 is 2.95 bits per heavy atom. The Balaban J connectivity index is 1.55. The number of carbonyl (C=O) groups excluding carboxylic acids is 1. The van der Waals surface area contributed by atoms with Gasteiger partial charge in [-0.3, -0.25) is 9.48 Å². The van der Waals surface area contributed by atoms with E-state index in [0.717, 1.165) is 37.6 Å². The van der Waals surface area contributed by atoms with Gasteiger partial charge in [0.15, 0.2) is 0 Å². The maximum atomic E-state index is 12.1. The highest BCUT2D eigenvalue weighted by Gasteiger charge is 2.22. The Bertz CT molecular complexity index is 626. The van der Waals surface area contributed by atoms with Crippen LogP contribution >= 0.6 is 0 Å². The molecule has 1 saturated heterocycles. The second-order valence-corrected chi connectivity index (χ2v) is 5.56. The summed E-state index contributed by atoms with van der Waals surface area (Å²) in [5.41, 5.74) is 0.915. The SMILES string of the molecule is Cc1ccn(CC(=O)N[C@H]2CCCN(c3ncccn3)C2)n1. The molecular formula is C15H20N6O. The zero-order valence-corrected chi connectivity index (χ0v) is 12.6. The van der Waals surface area contributed by atoms with Crippen LogP contribution in [-0.2, 0) is 11.3 Å². The second kappa shape index (κ2) is 6.55. The Labute approximate surface area is 129 Å². The number of nitrogens with zero attached hydrogens (tertiary/aromatic N) is 5. The third-order valence-corrected chi connectivity index (χ3v) is 3.70. The summed E-state index contributed by atoms with van der Waals surface area (Å²) in [6, 6.07) is 3.82. The summed E-state index contributed by atoms with van der Waals surface area (Å²) >= 11 is 0. The molecule has 0 saturated carbocycles. The first-order valence-corrected chi connectivity index (χ1v) is 7.52. The van der Waals surface area contributed by atoms with E-state index in [2.05, 4.69) is 25.3 Å². The van der Waals surface area contributed by atoms with E-state index in [0.29, 0.717) is 0 Å². The van der Waals surface area contributed by atoms with Gasteiger partial charge in [-0.15, -0.1) is 0 Å². The predicted octanol–water partition coefficient (Wildman–Crippen LogP) is 0.767. The van der Waals surface area contributed by atoms with Crippen molar-refractivity contribution in [3.63, 3.8) is 0 Å². The zero-order valence-electron chi connectivity index (χ0n) is 12.6. The van der Waals surface area contributed by atoms with E-state index in [1.807, 2.05) is 19.2 Å². The topological polar surface area (TPSA) is 75.9 Å². The van der Waals surface area contributed by atoms with Crippen molar-refractivity contribution in [2.75, 3.05) is 18.0 Å². The number of aryl methyl sites for hydroxylation is 1. The second-order valence-electron chi connectivity index (χ2n) is 5.56. The van der Waals surface area contributed by atoms with E-state index in [1.165, 1.54) is 0 Å². The molecule has 2 aromatic heterocycles. The van der Waals surface area contributed by atoms with Crippen molar-refractivity contribution in [3.05, 3.63) is 36.4 Å². The molecule has 1 amide bonds. The normalized spacial score (nSPS) is 18.2. The highest BCUT2D eigenvalue weighted by Crippen LogP contribution is 2.15. The van der Waals surface area contributed by atoms with E-state index in [-0.39, 0.29) is 18.5 Å². The van der Waals surface area contributed by atoms with Crippen LogP contribution in [0, 0.1) is 6.92 Å². The molecule has 0 bridgehead atoms. The number of anilines is 1. The average molecular weight is 300 g/mol. The van der Waals surface area contributed by atoms with E-state index in [9.17, 15) is 4.79 Å². The Kier molecular flexibility index (Phi) is 4.32. The zero-order chi connectivity index (χ0) is 15.4. The molecule has 1 fully saturated rings. The van der Waals surface area contributed by atoms with Crippen LogP contribution in [0.5, 0.6) is 0 Å². The van der Waals surface area contributed by atoms with Crippen LogP contribution in [0.1, 0.15) is 18.5 Å². The molecule has 7 nitrogen and oxygen atoms in total. The lowest BCUT2D eigenvalue weighted by Gasteiger charge is -2.33. The number of hydrogen-bond acceptors (Lipinski definition) is 5. The van der Waals surface area contributed by atoms with Crippen LogP contribution in [0.2, 0.25) is 0 Å². The minimum Gasteiger partial charge on any atom is -0.350 e. The number of amides is 1. The van der Waals surface area contributed by atoms with Crippen LogP contribution < -0.4 is 10.2 Å². The number of rotatable bonds is 4. The van der Waals surface area contributed by atoms with Crippen molar-refractivity contribution in [1.82, 2.24) is 25.1 Å². The molecule has 3 rings (SSSR count). The van der Waals surface area contributed by atoms with Crippen LogP contribution in [0.25, 0.3) is 0 Å². The molecule has 116 valence electrons. The highest BCUT2D eigenvalue weighted by atomic mass is 16.2.